The number of hydrogen-bond donors (Lipinski definition) is 2. The van der Waals surface area contributed by atoms with E-state index in [9.17, 15) is 4.79 Å². The van der Waals surface area contributed by atoms with Crippen molar-refractivity contribution in [3.8, 4) is 0 Å². The Balaban J connectivity index is 1.89. The maximum Gasteiger partial charge on any atom is 0.219 e. The third-order valence-electron chi connectivity index (χ3n) is 2.60. The van der Waals surface area contributed by atoms with Crippen LogP contribution in [0, 0.1) is 0 Å². The fourth-order valence-corrected chi connectivity index (χ4v) is 1.61. The molecule has 1 aliphatic rings. The van der Waals surface area contributed by atoms with Gasteiger partial charge in [-0.2, -0.15) is 0 Å². The summed E-state index contributed by atoms with van der Waals surface area (Å²) < 4.78 is 0. The van der Waals surface area contributed by atoms with Crippen LogP contribution in [0.3, 0.4) is 0 Å². The molecule has 0 atom stereocenters. The lowest BCUT2D eigenvalue weighted by molar-refractivity contribution is -0.132. The van der Waals surface area contributed by atoms with Gasteiger partial charge in [-0.3, -0.25) is 4.79 Å². The van der Waals surface area contributed by atoms with Crippen molar-refractivity contribution < 1.29 is 4.79 Å². The van der Waals surface area contributed by atoms with Crippen LogP contribution in [0.2, 0.25) is 0 Å². The number of hydrogen-bond acceptors (Lipinski definition) is 5. The molecule has 0 radical (unpaired) electrons. The van der Waals surface area contributed by atoms with Crippen molar-refractivity contribution in [1.82, 2.24) is 14.9 Å². The molecule has 1 saturated heterocycles. The van der Waals surface area contributed by atoms with E-state index in [2.05, 4.69) is 20.6 Å². The highest BCUT2D eigenvalue weighted by Crippen LogP contribution is 2.14. The van der Waals surface area contributed by atoms with Crippen molar-refractivity contribution in [1.29, 1.82) is 0 Å². The number of amides is 1. The standard InChI is InChI=1S/C10H15N5O/c1-7(16)15-4-8(5-15)14-10-3-9(11-2)12-6-13-10/h3,6,8H,4-5H2,1-2H3,(H2,11,12,13,14). The van der Waals surface area contributed by atoms with E-state index >= 15 is 0 Å². The molecule has 2 rings (SSSR count). The van der Waals surface area contributed by atoms with Gasteiger partial charge >= 0.3 is 0 Å². The van der Waals surface area contributed by atoms with Crippen LogP contribution in [0.25, 0.3) is 0 Å². The Morgan fingerprint density at radius 2 is 2.12 bits per heavy atom. The second-order valence-electron chi connectivity index (χ2n) is 3.80. The summed E-state index contributed by atoms with van der Waals surface area (Å²) in [5, 5.41) is 6.20. The first kappa shape index (κ1) is 10.7. The Labute approximate surface area is 94.1 Å². The monoisotopic (exact) mass is 221 g/mol. The summed E-state index contributed by atoms with van der Waals surface area (Å²) in [5.41, 5.74) is 0. The van der Waals surface area contributed by atoms with Crippen LogP contribution in [0.5, 0.6) is 0 Å². The number of rotatable bonds is 3. The molecule has 1 aliphatic heterocycles. The van der Waals surface area contributed by atoms with E-state index in [-0.39, 0.29) is 5.91 Å². The van der Waals surface area contributed by atoms with Gasteiger partial charge in [0.1, 0.15) is 18.0 Å². The lowest BCUT2D eigenvalue weighted by Crippen LogP contribution is -2.56. The molecule has 0 saturated carbocycles. The normalized spacial score (nSPS) is 15.5. The Hall–Kier alpha value is -1.85. The molecule has 0 unspecified atom stereocenters. The zero-order valence-electron chi connectivity index (χ0n) is 9.40. The summed E-state index contributed by atoms with van der Waals surface area (Å²) >= 11 is 0. The molecule has 1 fully saturated rings. The molecule has 2 N–H and O–H groups in total. The van der Waals surface area contributed by atoms with E-state index in [0.717, 1.165) is 24.7 Å². The molecular formula is C10H15N5O. The molecule has 0 bridgehead atoms. The smallest absolute Gasteiger partial charge is 0.219 e. The molecule has 6 heteroatoms. The molecule has 1 aromatic heterocycles. The topological polar surface area (TPSA) is 70.2 Å². The van der Waals surface area contributed by atoms with E-state index in [1.165, 1.54) is 6.33 Å². The van der Waals surface area contributed by atoms with Gasteiger partial charge in [0.05, 0.1) is 6.04 Å². The molecular weight excluding hydrogens is 206 g/mol. The Kier molecular flexibility index (Phi) is 2.89. The lowest BCUT2D eigenvalue weighted by atomic mass is 10.1. The fraction of sp³-hybridized carbons (Fsp3) is 0.500. The van der Waals surface area contributed by atoms with Gasteiger partial charge in [-0.25, -0.2) is 9.97 Å². The minimum absolute atomic E-state index is 0.122. The van der Waals surface area contributed by atoms with Crippen molar-refractivity contribution in [2.45, 2.75) is 13.0 Å². The number of likely N-dealkylation sites (tertiary alicyclic amines) is 1. The Morgan fingerprint density at radius 1 is 1.44 bits per heavy atom. The molecule has 0 spiro atoms. The fourth-order valence-electron chi connectivity index (χ4n) is 1.61. The van der Waals surface area contributed by atoms with E-state index in [4.69, 9.17) is 0 Å². The zero-order valence-corrected chi connectivity index (χ0v) is 9.40. The molecule has 1 amide bonds. The van der Waals surface area contributed by atoms with E-state index in [1.807, 2.05) is 13.1 Å². The van der Waals surface area contributed by atoms with Crippen LogP contribution in [0.15, 0.2) is 12.4 Å². The highest BCUT2D eigenvalue weighted by Gasteiger charge is 2.28. The van der Waals surface area contributed by atoms with Crippen molar-refractivity contribution in [2.24, 2.45) is 0 Å². The first-order valence-electron chi connectivity index (χ1n) is 5.21. The Bertz CT molecular complexity index is 389. The molecule has 0 aromatic carbocycles. The lowest BCUT2D eigenvalue weighted by Gasteiger charge is -2.39. The van der Waals surface area contributed by atoms with Gasteiger partial charge in [0.2, 0.25) is 5.91 Å². The highest BCUT2D eigenvalue weighted by atomic mass is 16.2. The maximum atomic E-state index is 11.0. The zero-order chi connectivity index (χ0) is 11.5. The summed E-state index contributed by atoms with van der Waals surface area (Å²) in [4.78, 5) is 20.9. The van der Waals surface area contributed by atoms with E-state index in [1.54, 1.807) is 11.8 Å². The van der Waals surface area contributed by atoms with Crippen LogP contribution < -0.4 is 10.6 Å². The SMILES string of the molecule is CNc1cc(NC2CN(C(C)=O)C2)ncn1. The quantitative estimate of drug-likeness (QED) is 0.761. The average Bonchev–Trinajstić information content (AvgIpc) is 2.22. The molecule has 1 aromatic rings. The van der Waals surface area contributed by atoms with Crippen LogP contribution in [-0.2, 0) is 4.79 Å². The van der Waals surface area contributed by atoms with E-state index < -0.39 is 0 Å². The van der Waals surface area contributed by atoms with Gasteiger partial charge in [-0.05, 0) is 0 Å². The number of nitrogens with zero attached hydrogens (tertiary/aromatic N) is 3. The highest BCUT2D eigenvalue weighted by molar-refractivity contribution is 5.74. The average molecular weight is 221 g/mol. The van der Waals surface area contributed by atoms with Crippen molar-refractivity contribution in [3.05, 3.63) is 12.4 Å². The first-order chi connectivity index (χ1) is 7.69. The molecule has 16 heavy (non-hydrogen) atoms. The third-order valence-corrected chi connectivity index (χ3v) is 2.60. The maximum absolute atomic E-state index is 11.0. The molecule has 2 heterocycles. The third kappa shape index (κ3) is 2.21. The van der Waals surface area contributed by atoms with Gasteiger partial charge in [-0.15, -0.1) is 0 Å². The summed E-state index contributed by atoms with van der Waals surface area (Å²) in [6.07, 6.45) is 1.51. The van der Waals surface area contributed by atoms with Gasteiger partial charge in [-0.1, -0.05) is 0 Å². The van der Waals surface area contributed by atoms with Crippen LogP contribution in [-0.4, -0.2) is 47.0 Å². The van der Waals surface area contributed by atoms with Crippen molar-refractivity contribution in [3.63, 3.8) is 0 Å². The van der Waals surface area contributed by atoms with Crippen molar-refractivity contribution in [2.75, 3.05) is 30.8 Å². The van der Waals surface area contributed by atoms with Crippen LogP contribution in [0.1, 0.15) is 6.92 Å². The predicted molar refractivity (Wildman–Crippen MR) is 61.2 cm³/mol. The largest absolute Gasteiger partial charge is 0.373 e. The van der Waals surface area contributed by atoms with E-state index in [0.29, 0.717) is 6.04 Å². The summed E-state index contributed by atoms with van der Waals surface area (Å²) in [5.74, 6) is 1.68. The van der Waals surface area contributed by atoms with Gasteiger partial charge in [0.25, 0.3) is 0 Å². The number of anilines is 2. The number of carbonyl (C=O) groups excluding carboxylic acids is 1. The second kappa shape index (κ2) is 4.34. The van der Waals surface area contributed by atoms with Gasteiger partial charge in [0, 0.05) is 33.1 Å². The second-order valence-corrected chi connectivity index (χ2v) is 3.80. The minimum Gasteiger partial charge on any atom is -0.373 e. The number of carbonyl (C=O) groups is 1. The Morgan fingerprint density at radius 3 is 2.75 bits per heavy atom. The van der Waals surface area contributed by atoms with Gasteiger partial charge in [0.15, 0.2) is 0 Å². The summed E-state index contributed by atoms with van der Waals surface area (Å²) in [7, 11) is 1.81. The van der Waals surface area contributed by atoms with Crippen LogP contribution >= 0.6 is 0 Å². The first-order valence-corrected chi connectivity index (χ1v) is 5.21. The predicted octanol–water partition coefficient (Wildman–Crippen LogP) is 0.161. The molecule has 86 valence electrons. The molecule has 0 aliphatic carbocycles. The van der Waals surface area contributed by atoms with Crippen LogP contribution in [0.4, 0.5) is 11.6 Å². The minimum atomic E-state index is 0.122. The van der Waals surface area contributed by atoms with Gasteiger partial charge < -0.3 is 15.5 Å². The number of aromatic nitrogens is 2. The van der Waals surface area contributed by atoms with Crippen molar-refractivity contribution >= 4 is 17.5 Å². The summed E-state index contributed by atoms with van der Waals surface area (Å²) in [6.45, 7) is 3.07. The molecule has 6 nitrogen and oxygen atoms in total. The summed E-state index contributed by atoms with van der Waals surface area (Å²) in [6, 6.07) is 2.14. The number of nitrogens with one attached hydrogen (secondary N) is 2.